The molecule has 138 valence electrons. The van der Waals surface area contributed by atoms with Gasteiger partial charge < -0.3 is 10.2 Å². The number of likely N-dealkylation sites (N-methyl/N-ethyl adjacent to an activating group) is 1. The molecule has 1 unspecified atom stereocenters. The SMILES string of the molecule is CNC(=O)C(C)N(Cc1ccc(Br)cc1)C(=O)Cc1cc(C)cc(C)c1. The van der Waals surface area contributed by atoms with E-state index >= 15 is 0 Å². The molecule has 1 N–H and O–H groups in total. The van der Waals surface area contributed by atoms with Crippen molar-refractivity contribution in [2.24, 2.45) is 0 Å². The summed E-state index contributed by atoms with van der Waals surface area (Å²) < 4.78 is 0.980. The standard InChI is InChI=1S/C21H25BrN2O2/c1-14-9-15(2)11-18(10-14)12-20(25)24(16(3)21(26)23-4)13-17-5-7-19(22)8-6-17/h5-11,16H,12-13H2,1-4H3,(H,23,26). The lowest BCUT2D eigenvalue weighted by molar-refractivity contribution is -0.139. The summed E-state index contributed by atoms with van der Waals surface area (Å²) in [6, 6.07) is 13.4. The van der Waals surface area contributed by atoms with Crippen LogP contribution in [0.25, 0.3) is 0 Å². The minimum absolute atomic E-state index is 0.0611. The van der Waals surface area contributed by atoms with E-state index in [4.69, 9.17) is 0 Å². The lowest BCUT2D eigenvalue weighted by atomic mass is 10.0. The van der Waals surface area contributed by atoms with E-state index in [9.17, 15) is 9.59 Å². The molecule has 0 saturated carbocycles. The minimum Gasteiger partial charge on any atom is -0.357 e. The van der Waals surface area contributed by atoms with Crippen LogP contribution in [-0.2, 0) is 22.6 Å². The Labute approximate surface area is 163 Å². The average molecular weight is 417 g/mol. The molecular formula is C21H25BrN2O2. The minimum atomic E-state index is -0.540. The summed E-state index contributed by atoms with van der Waals surface area (Å²) in [6.07, 6.45) is 0.278. The maximum Gasteiger partial charge on any atom is 0.242 e. The third-order valence-corrected chi connectivity index (χ3v) is 4.85. The molecule has 0 saturated heterocycles. The number of hydrogen-bond acceptors (Lipinski definition) is 2. The zero-order valence-electron chi connectivity index (χ0n) is 15.7. The molecule has 2 aromatic rings. The van der Waals surface area contributed by atoms with Gasteiger partial charge in [0.15, 0.2) is 0 Å². The number of nitrogens with zero attached hydrogens (tertiary/aromatic N) is 1. The van der Waals surface area contributed by atoms with E-state index in [1.54, 1.807) is 18.9 Å². The summed E-state index contributed by atoms with van der Waals surface area (Å²) in [7, 11) is 1.59. The molecule has 2 aromatic carbocycles. The Morgan fingerprint density at radius 1 is 1.04 bits per heavy atom. The van der Waals surface area contributed by atoms with Crippen molar-refractivity contribution in [1.29, 1.82) is 0 Å². The van der Waals surface area contributed by atoms with Crippen LogP contribution in [0.4, 0.5) is 0 Å². The quantitative estimate of drug-likeness (QED) is 0.778. The number of aryl methyl sites for hydroxylation is 2. The first-order chi connectivity index (χ1) is 12.3. The van der Waals surface area contributed by atoms with Crippen LogP contribution in [0.5, 0.6) is 0 Å². The van der Waals surface area contributed by atoms with Crippen molar-refractivity contribution in [3.63, 3.8) is 0 Å². The van der Waals surface area contributed by atoms with Gasteiger partial charge in [-0.3, -0.25) is 9.59 Å². The van der Waals surface area contributed by atoms with Gasteiger partial charge in [-0.05, 0) is 44.0 Å². The van der Waals surface area contributed by atoms with Gasteiger partial charge in [0.1, 0.15) is 6.04 Å². The Hall–Kier alpha value is -2.14. The third-order valence-electron chi connectivity index (χ3n) is 4.32. The van der Waals surface area contributed by atoms with Crippen LogP contribution >= 0.6 is 15.9 Å². The second kappa shape index (κ2) is 8.99. The van der Waals surface area contributed by atoms with Gasteiger partial charge in [-0.25, -0.2) is 0 Å². The maximum atomic E-state index is 13.0. The van der Waals surface area contributed by atoms with Crippen LogP contribution in [0.2, 0.25) is 0 Å². The van der Waals surface area contributed by atoms with Crippen LogP contribution in [0, 0.1) is 13.8 Å². The Morgan fingerprint density at radius 3 is 2.15 bits per heavy atom. The number of carbonyl (C=O) groups excluding carboxylic acids is 2. The molecule has 0 radical (unpaired) electrons. The fourth-order valence-corrected chi connectivity index (χ4v) is 3.29. The summed E-state index contributed by atoms with van der Waals surface area (Å²) in [5.41, 5.74) is 4.22. The van der Waals surface area contributed by atoms with Crippen LogP contribution < -0.4 is 5.32 Å². The number of nitrogens with one attached hydrogen (secondary N) is 1. The van der Waals surface area contributed by atoms with Gasteiger partial charge in [-0.1, -0.05) is 57.4 Å². The molecule has 2 rings (SSSR count). The fraction of sp³-hybridized carbons (Fsp3) is 0.333. The summed E-state index contributed by atoms with van der Waals surface area (Å²) in [6.45, 7) is 6.20. The molecule has 0 aliphatic heterocycles. The first-order valence-electron chi connectivity index (χ1n) is 8.63. The zero-order chi connectivity index (χ0) is 19.3. The van der Waals surface area contributed by atoms with E-state index in [0.717, 1.165) is 26.7 Å². The van der Waals surface area contributed by atoms with Crippen LogP contribution in [0.1, 0.15) is 29.2 Å². The van der Waals surface area contributed by atoms with E-state index in [1.807, 2.05) is 50.2 Å². The van der Waals surface area contributed by atoms with Crippen molar-refractivity contribution in [3.05, 3.63) is 69.2 Å². The molecule has 2 amide bonds. The predicted molar refractivity (Wildman–Crippen MR) is 108 cm³/mol. The Bertz CT molecular complexity index is 767. The molecule has 26 heavy (non-hydrogen) atoms. The Balaban J connectivity index is 2.24. The predicted octanol–water partition coefficient (Wildman–Crippen LogP) is 3.77. The van der Waals surface area contributed by atoms with Crippen molar-refractivity contribution in [2.75, 3.05) is 7.05 Å². The number of carbonyl (C=O) groups is 2. The molecule has 0 fully saturated rings. The smallest absolute Gasteiger partial charge is 0.242 e. The highest BCUT2D eigenvalue weighted by Gasteiger charge is 2.25. The van der Waals surface area contributed by atoms with Gasteiger partial charge >= 0.3 is 0 Å². The Morgan fingerprint density at radius 2 is 1.62 bits per heavy atom. The summed E-state index contributed by atoms with van der Waals surface area (Å²) in [4.78, 5) is 26.8. The molecule has 1 atom stereocenters. The van der Waals surface area contributed by atoms with E-state index < -0.39 is 6.04 Å². The topological polar surface area (TPSA) is 49.4 Å². The van der Waals surface area contributed by atoms with Gasteiger partial charge in [0.05, 0.1) is 6.42 Å². The van der Waals surface area contributed by atoms with E-state index in [0.29, 0.717) is 6.54 Å². The van der Waals surface area contributed by atoms with Crippen molar-refractivity contribution >= 4 is 27.7 Å². The van der Waals surface area contributed by atoms with Gasteiger partial charge in [-0.2, -0.15) is 0 Å². The van der Waals surface area contributed by atoms with Crippen molar-refractivity contribution in [2.45, 2.75) is 39.8 Å². The molecule has 4 nitrogen and oxygen atoms in total. The molecule has 5 heteroatoms. The zero-order valence-corrected chi connectivity index (χ0v) is 17.3. The number of benzene rings is 2. The molecule has 0 aliphatic rings. The van der Waals surface area contributed by atoms with Crippen molar-refractivity contribution in [3.8, 4) is 0 Å². The normalized spacial score (nSPS) is 11.7. The summed E-state index contributed by atoms with van der Waals surface area (Å²) in [5, 5.41) is 2.64. The second-order valence-electron chi connectivity index (χ2n) is 6.61. The number of amides is 2. The highest BCUT2D eigenvalue weighted by molar-refractivity contribution is 9.10. The van der Waals surface area contributed by atoms with Crippen LogP contribution in [-0.4, -0.2) is 29.8 Å². The van der Waals surface area contributed by atoms with Gasteiger partial charge in [-0.15, -0.1) is 0 Å². The maximum absolute atomic E-state index is 13.0. The first-order valence-corrected chi connectivity index (χ1v) is 9.42. The molecule has 0 spiro atoms. The first kappa shape index (κ1) is 20.2. The lowest BCUT2D eigenvalue weighted by Crippen LogP contribution is -2.47. The van der Waals surface area contributed by atoms with E-state index in [2.05, 4.69) is 27.3 Å². The molecule has 0 heterocycles. The van der Waals surface area contributed by atoms with Gasteiger partial charge in [0.2, 0.25) is 11.8 Å². The largest absolute Gasteiger partial charge is 0.357 e. The molecule has 0 bridgehead atoms. The molecular weight excluding hydrogens is 392 g/mol. The number of halogens is 1. The van der Waals surface area contributed by atoms with Crippen LogP contribution in [0.15, 0.2) is 46.9 Å². The monoisotopic (exact) mass is 416 g/mol. The number of rotatable bonds is 6. The molecule has 0 aliphatic carbocycles. The Kier molecular flexibility index (Phi) is 6.98. The average Bonchev–Trinajstić information content (AvgIpc) is 2.58. The summed E-state index contributed by atoms with van der Waals surface area (Å²) >= 11 is 3.42. The highest BCUT2D eigenvalue weighted by atomic mass is 79.9. The fourth-order valence-electron chi connectivity index (χ4n) is 3.03. The van der Waals surface area contributed by atoms with Crippen LogP contribution in [0.3, 0.4) is 0 Å². The second-order valence-corrected chi connectivity index (χ2v) is 7.53. The van der Waals surface area contributed by atoms with Crippen molar-refractivity contribution < 1.29 is 9.59 Å². The van der Waals surface area contributed by atoms with E-state index in [1.165, 1.54) is 0 Å². The third kappa shape index (κ3) is 5.43. The van der Waals surface area contributed by atoms with E-state index in [-0.39, 0.29) is 18.2 Å². The summed E-state index contributed by atoms with van der Waals surface area (Å²) in [5.74, 6) is -0.232. The van der Waals surface area contributed by atoms with Gasteiger partial charge in [0.25, 0.3) is 0 Å². The van der Waals surface area contributed by atoms with Gasteiger partial charge in [0, 0.05) is 18.1 Å². The lowest BCUT2D eigenvalue weighted by Gasteiger charge is -2.28. The molecule has 0 aromatic heterocycles. The highest BCUT2D eigenvalue weighted by Crippen LogP contribution is 2.16. The number of hydrogen-bond donors (Lipinski definition) is 1. The van der Waals surface area contributed by atoms with Crippen molar-refractivity contribution in [1.82, 2.24) is 10.2 Å².